The number of carbonyl (C=O) groups is 1. The van der Waals surface area contributed by atoms with Gasteiger partial charge in [-0.1, -0.05) is 11.6 Å². The molecule has 0 atom stereocenters. The second-order valence-corrected chi connectivity index (χ2v) is 4.17. The molecule has 0 unspecified atom stereocenters. The van der Waals surface area contributed by atoms with Gasteiger partial charge in [-0.3, -0.25) is 9.78 Å². The number of nitrogen functional groups attached to an aromatic ring is 1. The molecule has 1 amide bonds. The number of methoxy groups -OCH3 is 1. The highest BCUT2D eigenvalue weighted by Gasteiger charge is 2.10. The fourth-order valence-electron chi connectivity index (χ4n) is 1.56. The summed E-state index contributed by atoms with van der Waals surface area (Å²) in [6.07, 6.45) is 2.93. The lowest BCUT2D eigenvalue weighted by Gasteiger charge is -2.09. The minimum absolute atomic E-state index is 0.318. The van der Waals surface area contributed by atoms with Crippen LogP contribution in [0.25, 0.3) is 0 Å². The maximum Gasteiger partial charge on any atom is 0.257 e. The van der Waals surface area contributed by atoms with Crippen molar-refractivity contribution in [3.8, 4) is 5.75 Å². The molecular weight excluding hydrogens is 266 g/mol. The van der Waals surface area contributed by atoms with Crippen molar-refractivity contribution in [3.05, 3.63) is 47.2 Å². The van der Waals surface area contributed by atoms with Gasteiger partial charge in [0.25, 0.3) is 5.91 Å². The summed E-state index contributed by atoms with van der Waals surface area (Å²) in [5.74, 6) is 0.226. The largest absolute Gasteiger partial charge is 0.495 e. The quantitative estimate of drug-likeness (QED) is 0.904. The predicted octanol–water partition coefficient (Wildman–Crippen LogP) is 2.58. The highest BCUT2D eigenvalue weighted by Crippen LogP contribution is 2.27. The van der Waals surface area contributed by atoms with E-state index in [4.69, 9.17) is 22.1 Å². The summed E-state index contributed by atoms with van der Waals surface area (Å²) in [4.78, 5) is 15.8. The normalized spacial score (nSPS) is 10.0. The molecule has 0 bridgehead atoms. The topological polar surface area (TPSA) is 77.2 Å². The number of nitrogens with two attached hydrogens (primary N) is 1. The van der Waals surface area contributed by atoms with E-state index in [9.17, 15) is 4.79 Å². The Hall–Kier alpha value is -2.27. The fourth-order valence-corrected chi connectivity index (χ4v) is 1.81. The van der Waals surface area contributed by atoms with Gasteiger partial charge in [-0.2, -0.15) is 0 Å². The number of rotatable bonds is 3. The number of aromatic nitrogens is 1. The van der Waals surface area contributed by atoms with Crippen LogP contribution in [0.15, 0.2) is 36.7 Å². The standard InChI is InChI=1S/C13H12ClN3O2/c1-19-12-3-2-8(6-10(12)14)17-13(18)9-4-5-16-7-11(9)15/h2-7H,15H2,1H3,(H,17,18). The van der Waals surface area contributed by atoms with Crippen molar-refractivity contribution >= 4 is 28.9 Å². The van der Waals surface area contributed by atoms with Crippen LogP contribution in [0.2, 0.25) is 5.02 Å². The van der Waals surface area contributed by atoms with E-state index in [0.29, 0.717) is 27.7 Å². The predicted molar refractivity (Wildman–Crippen MR) is 74.6 cm³/mol. The van der Waals surface area contributed by atoms with Crippen molar-refractivity contribution in [1.82, 2.24) is 4.98 Å². The van der Waals surface area contributed by atoms with E-state index < -0.39 is 0 Å². The van der Waals surface area contributed by atoms with E-state index in [1.807, 2.05) is 0 Å². The Labute approximate surface area is 115 Å². The molecule has 2 rings (SSSR count). The second kappa shape index (κ2) is 5.58. The van der Waals surface area contributed by atoms with E-state index >= 15 is 0 Å². The van der Waals surface area contributed by atoms with E-state index in [-0.39, 0.29) is 5.91 Å². The molecule has 3 N–H and O–H groups in total. The Kier molecular flexibility index (Phi) is 3.87. The zero-order valence-corrected chi connectivity index (χ0v) is 10.9. The van der Waals surface area contributed by atoms with E-state index in [1.54, 1.807) is 24.3 Å². The highest BCUT2D eigenvalue weighted by molar-refractivity contribution is 6.32. The third-order valence-corrected chi connectivity index (χ3v) is 2.80. The average molecular weight is 278 g/mol. The third-order valence-electron chi connectivity index (χ3n) is 2.51. The second-order valence-electron chi connectivity index (χ2n) is 3.77. The first-order valence-electron chi connectivity index (χ1n) is 5.46. The molecule has 0 aliphatic rings. The smallest absolute Gasteiger partial charge is 0.257 e. The lowest BCUT2D eigenvalue weighted by atomic mass is 10.2. The molecule has 2 aromatic rings. The number of nitrogens with zero attached hydrogens (tertiary/aromatic N) is 1. The van der Waals surface area contributed by atoms with Crippen LogP contribution in [0, 0.1) is 0 Å². The van der Waals surface area contributed by atoms with Gasteiger partial charge in [0.05, 0.1) is 29.6 Å². The summed E-state index contributed by atoms with van der Waals surface area (Å²) in [5.41, 5.74) is 6.93. The number of amides is 1. The Morgan fingerprint density at radius 3 is 2.84 bits per heavy atom. The lowest BCUT2D eigenvalue weighted by Crippen LogP contribution is -2.14. The van der Waals surface area contributed by atoms with Gasteiger partial charge < -0.3 is 15.8 Å². The fraction of sp³-hybridized carbons (Fsp3) is 0.0769. The molecule has 0 aliphatic heterocycles. The molecule has 0 fully saturated rings. The maximum atomic E-state index is 12.0. The third kappa shape index (κ3) is 2.95. The van der Waals surface area contributed by atoms with Crippen LogP contribution in [0.5, 0.6) is 5.75 Å². The Morgan fingerprint density at radius 1 is 1.42 bits per heavy atom. The van der Waals surface area contributed by atoms with Crippen LogP contribution in [0.4, 0.5) is 11.4 Å². The summed E-state index contributed by atoms with van der Waals surface area (Å²) >= 11 is 5.98. The molecule has 1 aromatic heterocycles. The monoisotopic (exact) mass is 277 g/mol. The van der Waals surface area contributed by atoms with E-state index in [1.165, 1.54) is 19.5 Å². The zero-order valence-electron chi connectivity index (χ0n) is 10.2. The van der Waals surface area contributed by atoms with Gasteiger partial charge in [-0.05, 0) is 24.3 Å². The molecule has 5 nitrogen and oxygen atoms in total. The minimum atomic E-state index is -0.318. The number of benzene rings is 1. The number of hydrogen-bond acceptors (Lipinski definition) is 4. The molecule has 1 aromatic carbocycles. The van der Waals surface area contributed by atoms with Crippen molar-refractivity contribution < 1.29 is 9.53 Å². The number of carbonyl (C=O) groups excluding carboxylic acids is 1. The molecule has 1 heterocycles. The van der Waals surface area contributed by atoms with Crippen LogP contribution in [0.1, 0.15) is 10.4 Å². The number of anilines is 2. The first-order valence-corrected chi connectivity index (χ1v) is 5.84. The number of hydrogen-bond donors (Lipinski definition) is 2. The van der Waals surface area contributed by atoms with Crippen LogP contribution in [0.3, 0.4) is 0 Å². The molecule has 19 heavy (non-hydrogen) atoms. The van der Waals surface area contributed by atoms with Crippen LogP contribution in [-0.2, 0) is 0 Å². The highest BCUT2D eigenvalue weighted by atomic mass is 35.5. The van der Waals surface area contributed by atoms with Crippen molar-refractivity contribution in [3.63, 3.8) is 0 Å². The number of pyridine rings is 1. The van der Waals surface area contributed by atoms with Gasteiger partial charge in [0.1, 0.15) is 5.75 Å². The van der Waals surface area contributed by atoms with Crippen molar-refractivity contribution in [2.24, 2.45) is 0 Å². The van der Waals surface area contributed by atoms with E-state index in [2.05, 4.69) is 10.3 Å². The Bertz CT molecular complexity index is 617. The van der Waals surface area contributed by atoms with Gasteiger partial charge in [0, 0.05) is 11.9 Å². The molecular formula is C13H12ClN3O2. The van der Waals surface area contributed by atoms with Gasteiger partial charge in [-0.25, -0.2) is 0 Å². The first kappa shape index (κ1) is 13.2. The summed E-state index contributed by atoms with van der Waals surface area (Å²) < 4.78 is 5.04. The number of ether oxygens (including phenoxy) is 1. The van der Waals surface area contributed by atoms with Gasteiger partial charge in [0.15, 0.2) is 0 Å². The molecule has 6 heteroatoms. The maximum absolute atomic E-state index is 12.0. The number of nitrogens with one attached hydrogen (secondary N) is 1. The summed E-state index contributed by atoms with van der Waals surface area (Å²) in [6.45, 7) is 0. The Morgan fingerprint density at radius 2 is 2.21 bits per heavy atom. The lowest BCUT2D eigenvalue weighted by molar-refractivity contribution is 0.102. The number of halogens is 1. The first-order chi connectivity index (χ1) is 9.11. The average Bonchev–Trinajstić information content (AvgIpc) is 2.39. The van der Waals surface area contributed by atoms with E-state index in [0.717, 1.165) is 0 Å². The van der Waals surface area contributed by atoms with Gasteiger partial charge >= 0.3 is 0 Å². The zero-order chi connectivity index (χ0) is 13.8. The summed E-state index contributed by atoms with van der Waals surface area (Å²) in [6, 6.07) is 6.53. The van der Waals surface area contributed by atoms with Crippen LogP contribution >= 0.6 is 11.6 Å². The molecule has 0 saturated carbocycles. The summed E-state index contributed by atoms with van der Waals surface area (Å²) in [5, 5.41) is 3.12. The van der Waals surface area contributed by atoms with Crippen LogP contribution in [-0.4, -0.2) is 18.0 Å². The van der Waals surface area contributed by atoms with Gasteiger partial charge in [0.2, 0.25) is 0 Å². The molecule has 98 valence electrons. The van der Waals surface area contributed by atoms with Crippen LogP contribution < -0.4 is 15.8 Å². The van der Waals surface area contributed by atoms with Gasteiger partial charge in [-0.15, -0.1) is 0 Å². The molecule has 0 saturated heterocycles. The molecule has 0 spiro atoms. The van der Waals surface area contributed by atoms with Crippen molar-refractivity contribution in [1.29, 1.82) is 0 Å². The molecule has 0 radical (unpaired) electrons. The SMILES string of the molecule is COc1ccc(NC(=O)c2ccncc2N)cc1Cl. The van der Waals surface area contributed by atoms with Crippen molar-refractivity contribution in [2.75, 3.05) is 18.2 Å². The Balaban J connectivity index is 2.20. The van der Waals surface area contributed by atoms with Crippen molar-refractivity contribution in [2.45, 2.75) is 0 Å². The molecule has 0 aliphatic carbocycles. The summed E-state index contributed by atoms with van der Waals surface area (Å²) in [7, 11) is 1.52. The minimum Gasteiger partial charge on any atom is -0.495 e.